The number of nitrogens with zero attached hydrogens (tertiary/aromatic N) is 3. The third-order valence-corrected chi connectivity index (χ3v) is 3.29. The molecule has 0 amide bonds. The van der Waals surface area contributed by atoms with Crippen molar-refractivity contribution in [3.63, 3.8) is 0 Å². The Morgan fingerprint density at radius 3 is 2.44 bits per heavy atom. The van der Waals surface area contributed by atoms with Crippen LogP contribution in [0.25, 0.3) is 0 Å². The lowest BCUT2D eigenvalue weighted by molar-refractivity contribution is -0.144. The number of aliphatic carboxylic acids is 1. The molecule has 0 bridgehead atoms. The average Bonchev–Trinajstić information content (AvgIpc) is 2.40. The molecule has 0 radical (unpaired) electrons. The Balaban J connectivity index is 2.03. The Morgan fingerprint density at radius 2 is 2.00 bits per heavy atom. The largest absolute Gasteiger partial charge is 0.480 e. The molecule has 18 heavy (non-hydrogen) atoms. The number of piperidine rings is 1. The topological polar surface area (TPSA) is 104 Å². The number of hydrogen-bond acceptors (Lipinski definition) is 6. The summed E-state index contributed by atoms with van der Waals surface area (Å²) in [6.07, 6.45) is 4.20. The van der Waals surface area contributed by atoms with E-state index in [4.69, 9.17) is 10.8 Å². The SMILES string of the molecule is CNc1cnc(N2CCC(N)(C(=O)O)CC2)nc1. The molecule has 7 heteroatoms. The van der Waals surface area contributed by atoms with E-state index in [9.17, 15) is 4.79 Å². The van der Waals surface area contributed by atoms with Crippen molar-refractivity contribution in [1.29, 1.82) is 0 Å². The summed E-state index contributed by atoms with van der Waals surface area (Å²) in [7, 11) is 1.80. The molecule has 0 atom stereocenters. The Hall–Kier alpha value is -1.89. The molecule has 1 aromatic heterocycles. The lowest BCUT2D eigenvalue weighted by Crippen LogP contribution is -2.55. The normalized spacial score (nSPS) is 18.4. The summed E-state index contributed by atoms with van der Waals surface area (Å²) in [5.41, 5.74) is 5.54. The van der Waals surface area contributed by atoms with Crippen LogP contribution in [0.2, 0.25) is 0 Å². The highest BCUT2D eigenvalue weighted by molar-refractivity contribution is 5.78. The smallest absolute Gasteiger partial charge is 0.323 e. The molecule has 1 aliphatic rings. The van der Waals surface area contributed by atoms with E-state index in [1.807, 2.05) is 4.90 Å². The van der Waals surface area contributed by atoms with E-state index in [2.05, 4.69) is 15.3 Å². The number of carboxylic acids is 1. The van der Waals surface area contributed by atoms with Crippen LogP contribution >= 0.6 is 0 Å². The van der Waals surface area contributed by atoms with Gasteiger partial charge >= 0.3 is 5.97 Å². The Bertz CT molecular complexity index is 426. The van der Waals surface area contributed by atoms with Crippen LogP contribution in [0.4, 0.5) is 11.6 Å². The number of nitrogens with two attached hydrogens (primary N) is 1. The monoisotopic (exact) mass is 251 g/mol. The molecule has 0 unspecified atom stereocenters. The van der Waals surface area contributed by atoms with E-state index in [-0.39, 0.29) is 0 Å². The van der Waals surface area contributed by atoms with E-state index in [0.717, 1.165) is 5.69 Å². The Morgan fingerprint density at radius 1 is 1.44 bits per heavy atom. The molecule has 7 nitrogen and oxygen atoms in total. The minimum atomic E-state index is -1.11. The van der Waals surface area contributed by atoms with Crippen molar-refractivity contribution >= 4 is 17.6 Å². The van der Waals surface area contributed by atoms with Crippen molar-refractivity contribution in [2.45, 2.75) is 18.4 Å². The fraction of sp³-hybridized carbons (Fsp3) is 0.545. The summed E-state index contributed by atoms with van der Waals surface area (Å²) in [6, 6.07) is 0. The Labute approximate surface area is 105 Å². The Kier molecular flexibility index (Phi) is 3.33. The molecule has 0 aromatic carbocycles. The maximum Gasteiger partial charge on any atom is 0.323 e. The van der Waals surface area contributed by atoms with E-state index in [1.54, 1.807) is 19.4 Å². The van der Waals surface area contributed by atoms with E-state index < -0.39 is 11.5 Å². The van der Waals surface area contributed by atoms with Gasteiger partial charge in [0.2, 0.25) is 5.95 Å². The zero-order valence-electron chi connectivity index (χ0n) is 10.3. The first-order chi connectivity index (χ1) is 8.55. The predicted molar refractivity (Wildman–Crippen MR) is 67.6 cm³/mol. The molecule has 1 aliphatic heterocycles. The maximum absolute atomic E-state index is 11.0. The number of hydrogen-bond donors (Lipinski definition) is 3. The molecule has 2 heterocycles. The zero-order valence-corrected chi connectivity index (χ0v) is 10.3. The summed E-state index contributed by atoms with van der Waals surface area (Å²) in [5.74, 6) is -0.324. The number of carboxylic acid groups (broad SMARTS) is 1. The first-order valence-electron chi connectivity index (χ1n) is 5.82. The van der Waals surface area contributed by atoms with Gasteiger partial charge in [0.1, 0.15) is 5.54 Å². The van der Waals surface area contributed by atoms with Crippen molar-refractivity contribution in [3.05, 3.63) is 12.4 Å². The molecular weight excluding hydrogens is 234 g/mol. The van der Waals surface area contributed by atoms with Crippen LogP contribution < -0.4 is 16.0 Å². The highest BCUT2D eigenvalue weighted by Gasteiger charge is 2.38. The zero-order chi connectivity index (χ0) is 13.2. The molecule has 0 aliphatic carbocycles. The van der Waals surface area contributed by atoms with Gasteiger partial charge in [-0.3, -0.25) is 4.79 Å². The second-order valence-corrected chi connectivity index (χ2v) is 4.47. The number of rotatable bonds is 3. The molecule has 98 valence electrons. The molecule has 1 aromatic rings. The highest BCUT2D eigenvalue weighted by Crippen LogP contribution is 2.22. The highest BCUT2D eigenvalue weighted by atomic mass is 16.4. The van der Waals surface area contributed by atoms with Gasteiger partial charge in [0.15, 0.2) is 0 Å². The summed E-state index contributed by atoms with van der Waals surface area (Å²) in [4.78, 5) is 21.4. The van der Waals surface area contributed by atoms with Gasteiger partial charge in [-0.15, -0.1) is 0 Å². The van der Waals surface area contributed by atoms with E-state index in [0.29, 0.717) is 31.9 Å². The number of aromatic nitrogens is 2. The number of nitrogens with one attached hydrogen (secondary N) is 1. The standard InChI is InChI=1S/C11H17N5O2/c1-13-8-6-14-10(15-7-8)16-4-2-11(12,3-5-16)9(17)18/h6-7,13H,2-5,12H2,1H3,(H,17,18). The van der Waals surface area contributed by atoms with Gasteiger partial charge in [-0.25, -0.2) is 9.97 Å². The molecule has 4 N–H and O–H groups in total. The van der Waals surface area contributed by atoms with Gasteiger partial charge in [0.25, 0.3) is 0 Å². The van der Waals surface area contributed by atoms with Crippen LogP contribution in [0.1, 0.15) is 12.8 Å². The summed E-state index contributed by atoms with van der Waals surface area (Å²) >= 11 is 0. The fourth-order valence-electron chi connectivity index (χ4n) is 1.93. The average molecular weight is 251 g/mol. The molecular formula is C11H17N5O2. The molecule has 0 saturated carbocycles. The van der Waals surface area contributed by atoms with Crippen molar-refractivity contribution in [1.82, 2.24) is 9.97 Å². The summed E-state index contributed by atoms with van der Waals surface area (Å²) in [6.45, 7) is 1.11. The van der Waals surface area contributed by atoms with Crippen LogP contribution in [0.3, 0.4) is 0 Å². The third kappa shape index (κ3) is 2.35. The van der Waals surface area contributed by atoms with Crippen LogP contribution in [0.15, 0.2) is 12.4 Å². The molecule has 0 spiro atoms. The first kappa shape index (κ1) is 12.6. The molecule has 2 rings (SSSR count). The van der Waals surface area contributed by atoms with Crippen molar-refractivity contribution in [3.8, 4) is 0 Å². The second-order valence-electron chi connectivity index (χ2n) is 4.47. The van der Waals surface area contributed by atoms with E-state index >= 15 is 0 Å². The van der Waals surface area contributed by atoms with Crippen LogP contribution in [-0.4, -0.2) is 46.7 Å². The van der Waals surface area contributed by atoms with Gasteiger partial charge in [-0.05, 0) is 12.8 Å². The minimum Gasteiger partial charge on any atom is -0.480 e. The quantitative estimate of drug-likeness (QED) is 0.689. The van der Waals surface area contributed by atoms with Crippen molar-refractivity contribution < 1.29 is 9.90 Å². The summed E-state index contributed by atoms with van der Waals surface area (Å²) in [5, 5.41) is 12.0. The lowest BCUT2D eigenvalue weighted by Gasteiger charge is -2.36. The molecule has 1 fully saturated rings. The van der Waals surface area contributed by atoms with Gasteiger partial charge < -0.3 is 21.1 Å². The van der Waals surface area contributed by atoms with Gasteiger partial charge in [0.05, 0.1) is 18.1 Å². The summed E-state index contributed by atoms with van der Waals surface area (Å²) < 4.78 is 0. The first-order valence-corrected chi connectivity index (χ1v) is 5.82. The van der Waals surface area contributed by atoms with Crippen LogP contribution in [0.5, 0.6) is 0 Å². The fourth-order valence-corrected chi connectivity index (χ4v) is 1.93. The second kappa shape index (κ2) is 4.77. The van der Waals surface area contributed by atoms with E-state index in [1.165, 1.54) is 0 Å². The minimum absolute atomic E-state index is 0.402. The third-order valence-electron chi connectivity index (χ3n) is 3.29. The van der Waals surface area contributed by atoms with Crippen LogP contribution in [0, 0.1) is 0 Å². The predicted octanol–water partition coefficient (Wildman–Crippen LogP) is -0.0994. The molecule has 1 saturated heterocycles. The van der Waals surface area contributed by atoms with Crippen molar-refractivity contribution in [2.24, 2.45) is 5.73 Å². The van der Waals surface area contributed by atoms with Gasteiger partial charge in [0, 0.05) is 20.1 Å². The van der Waals surface area contributed by atoms with Crippen molar-refractivity contribution in [2.75, 3.05) is 30.4 Å². The lowest BCUT2D eigenvalue weighted by atomic mass is 9.89. The number of carbonyl (C=O) groups is 1. The maximum atomic E-state index is 11.0. The van der Waals surface area contributed by atoms with Gasteiger partial charge in [-0.2, -0.15) is 0 Å². The van der Waals surface area contributed by atoms with Gasteiger partial charge in [-0.1, -0.05) is 0 Å². The van der Waals surface area contributed by atoms with Crippen LogP contribution in [-0.2, 0) is 4.79 Å². The number of anilines is 2.